The van der Waals surface area contributed by atoms with E-state index in [4.69, 9.17) is 14.2 Å². The summed E-state index contributed by atoms with van der Waals surface area (Å²) in [5.41, 5.74) is 1.21. The van der Waals surface area contributed by atoms with E-state index in [0.717, 1.165) is 30.9 Å². The van der Waals surface area contributed by atoms with Crippen LogP contribution in [0.1, 0.15) is 38.3 Å². The summed E-state index contributed by atoms with van der Waals surface area (Å²) >= 11 is 0. The molecule has 1 aliphatic heterocycles. The molecule has 0 bridgehead atoms. The molecule has 19 heavy (non-hydrogen) atoms. The van der Waals surface area contributed by atoms with Crippen molar-refractivity contribution in [3.63, 3.8) is 0 Å². The molecule has 0 fully saturated rings. The van der Waals surface area contributed by atoms with E-state index in [1.165, 1.54) is 5.56 Å². The molecule has 1 aromatic carbocycles. The van der Waals surface area contributed by atoms with Gasteiger partial charge in [0.15, 0.2) is 11.5 Å². The predicted molar refractivity (Wildman–Crippen MR) is 74.7 cm³/mol. The van der Waals surface area contributed by atoms with E-state index in [1.807, 2.05) is 6.07 Å². The Morgan fingerprint density at radius 1 is 1.32 bits per heavy atom. The molecule has 4 nitrogen and oxygen atoms in total. The number of methoxy groups -OCH3 is 1. The highest BCUT2D eigenvalue weighted by Gasteiger charge is 2.17. The highest BCUT2D eigenvalue weighted by molar-refractivity contribution is 5.45. The van der Waals surface area contributed by atoms with Gasteiger partial charge in [-0.1, -0.05) is 19.4 Å². The summed E-state index contributed by atoms with van der Waals surface area (Å²) < 4.78 is 16.0. The number of nitrogens with one attached hydrogen (secondary N) is 1. The van der Waals surface area contributed by atoms with Gasteiger partial charge in [-0.05, 0) is 31.0 Å². The Hall–Kier alpha value is -1.26. The van der Waals surface area contributed by atoms with Gasteiger partial charge in [0.25, 0.3) is 0 Å². The normalized spacial score (nSPS) is 16.4. The lowest BCUT2D eigenvalue weighted by Gasteiger charge is -2.23. The van der Waals surface area contributed by atoms with Crippen molar-refractivity contribution in [1.29, 1.82) is 0 Å². The van der Waals surface area contributed by atoms with Gasteiger partial charge in [0.2, 0.25) is 6.79 Å². The largest absolute Gasteiger partial charge is 0.454 e. The summed E-state index contributed by atoms with van der Waals surface area (Å²) in [6.45, 7) is 5.41. The fraction of sp³-hybridized carbons (Fsp3) is 0.600. The molecular weight excluding hydrogens is 242 g/mol. The van der Waals surface area contributed by atoms with Crippen molar-refractivity contribution in [3.8, 4) is 11.5 Å². The Labute approximate surface area is 115 Å². The first-order valence-electron chi connectivity index (χ1n) is 6.89. The van der Waals surface area contributed by atoms with Crippen molar-refractivity contribution in [1.82, 2.24) is 5.32 Å². The van der Waals surface area contributed by atoms with Gasteiger partial charge in [-0.3, -0.25) is 0 Å². The quantitative estimate of drug-likeness (QED) is 0.823. The third-order valence-corrected chi connectivity index (χ3v) is 3.39. The van der Waals surface area contributed by atoms with Gasteiger partial charge in [-0.25, -0.2) is 0 Å². The monoisotopic (exact) mass is 265 g/mol. The van der Waals surface area contributed by atoms with Crippen LogP contribution in [0.4, 0.5) is 0 Å². The molecule has 4 heteroatoms. The molecule has 106 valence electrons. The Bertz CT molecular complexity index is 402. The fourth-order valence-corrected chi connectivity index (χ4v) is 2.40. The third kappa shape index (κ3) is 3.61. The van der Waals surface area contributed by atoms with Crippen molar-refractivity contribution in [2.45, 2.75) is 38.8 Å². The van der Waals surface area contributed by atoms with Crippen LogP contribution in [0.2, 0.25) is 0 Å². The maximum absolute atomic E-state index is 5.41. The van der Waals surface area contributed by atoms with Crippen molar-refractivity contribution in [2.24, 2.45) is 0 Å². The highest BCUT2D eigenvalue weighted by atomic mass is 16.7. The van der Waals surface area contributed by atoms with Gasteiger partial charge in [-0.2, -0.15) is 0 Å². The molecule has 1 heterocycles. The number of fused-ring (bicyclic) bond motifs is 1. The van der Waals surface area contributed by atoms with Gasteiger partial charge < -0.3 is 19.5 Å². The lowest BCUT2D eigenvalue weighted by atomic mass is 10.1. The van der Waals surface area contributed by atoms with Crippen LogP contribution in [-0.2, 0) is 4.74 Å². The van der Waals surface area contributed by atoms with Crippen LogP contribution >= 0.6 is 0 Å². The molecule has 0 aliphatic carbocycles. The summed E-state index contributed by atoms with van der Waals surface area (Å²) in [5.74, 6) is 1.67. The van der Waals surface area contributed by atoms with Crippen LogP contribution in [0.5, 0.6) is 11.5 Å². The minimum atomic E-state index is 0.265. The van der Waals surface area contributed by atoms with E-state index in [1.54, 1.807) is 7.11 Å². The van der Waals surface area contributed by atoms with Crippen LogP contribution < -0.4 is 14.8 Å². The van der Waals surface area contributed by atoms with E-state index < -0.39 is 0 Å². The van der Waals surface area contributed by atoms with Crippen LogP contribution in [0.15, 0.2) is 18.2 Å². The number of ether oxygens (including phenoxy) is 3. The molecule has 2 atom stereocenters. The van der Waals surface area contributed by atoms with E-state index in [0.29, 0.717) is 12.8 Å². The van der Waals surface area contributed by atoms with Crippen LogP contribution in [0, 0.1) is 0 Å². The van der Waals surface area contributed by atoms with Crippen molar-refractivity contribution in [2.75, 3.05) is 20.5 Å². The average Bonchev–Trinajstić information content (AvgIpc) is 2.86. The summed E-state index contributed by atoms with van der Waals surface area (Å²) in [6, 6.07) is 6.76. The van der Waals surface area contributed by atoms with E-state index >= 15 is 0 Å². The number of rotatable bonds is 7. The molecule has 0 amide bonds. The van der Waals surface area contributed by atoms with E-state index in [9.17, 15) is 0 Å². The SMILES string of the molecule is CCCC(COC)NC(C)c1ccc2c(c1)OCO2. The van der Waals surface area contributed by atoms with Gasteiger partial charge in [0, 0.05) is 19.2 Å². The Morgan fingerprint density at radius 3 is 2.84 bits per heavy atom. The maximum atomic E-state index is 5.41. The molecule has 1 aromatic rings. The van der Waals surface area contributed by atoms with Crippen molar-refractivity contribution in [3.05, 3.63) is 23.8 Å². The number of benzene rings is 1. The summed E-state index contributed by atoms with van der Waals surface area (Å²) in [6.07, 6.45) is 2.26. The van der Waals surface area contributed by atoms with Gasteiger partial charge in [-0.15, -0.1) is 0 Å². The molecule has 0 spiro atoms. The fourth-order valence-electron chi connectivity index (χ4n) is 2.40. The lowest BCUT2D eigenvalue weighted by molar-refractivity contribution is 0.157. The van der Waals surface area contributed by atoms with E-state index in [-0.39, 0.29) is 6.04 Å². The molecule has 0 radical (unpaired) electrons. The van der Waals surface area contributed by atoms with Crippen molar-refractivity contribution >= 4 is 0 Å². The third-order valence-electron chi connectivity index (χ3n) is 3.39. The van der Waals surface area contributed by atoms with Crippen LogP contribution in [0.25, 0.3) is 0 Å². The Morgan fingerprint density at radius 2 is 2.11 bits per heavy atom. The summed E-state index contributed by atoms with van der Waals surface area (Å²) in [4.78, 5) is 0. The molecule has 0 saturated heterocycles. The van der Waals surface area contributed by atoms with Gasteiger partial charge in [0.05, 0.1) is 6.61 Å². The van der Waals surface area contributed by atoms with E-state index in [2.05, 4.69) is 31.3 Å². The number of hydrogen-bond donors (Lipinski definition) is 1. The predicted octanol–water partition coefficient (Wildman–Crippen LogP) is 2.88. The van der Waals surface area contributed by atoms with Gasteiger partial charge >= 0.3 is 0 Å². The molecule has 2 unspecified atom stereocenters. The molecule has 0 saturated carbocycles. The first kappa shape index (κ1) is 14.2. The first-order chi connectivity index (χ1) is 9.24. The minimum Gasteiger partial charge on any atom is -0.454 e. The molecule has 1 aliphatic rings. The van der Waals surface area contributed by atoms with Crippen LogP contribution in [-0.4, -0.2) is 26.6 Å². The molecule has 0 aromatic heterocycles. The zero-order valence-corrected chi connectivity index (χ0v) is 11.9. The minimum absolute atomic E-state index is 0.265. The van der Waals surface area contributed by atoms with Crippen molar-refractivity contribution < 1.29 is 14.2 Å². The maximum Gasteiger partial charge on any atom is 0.231 e. The van der Waals surface area contributed by atoms with Crippen LogP contribution in [0.3, 0.4) is 0 Å². The zero-order valence-electron chi connectivity index (χ0n) is 11.9. The first-order valence-corrected chi connectivity index (χ1v) is 6.89. The standard InChI is InChI=1S/C15H23NO3/c1-4-5-13(9-17-3)16-11(2)12-6-7-14-15(8-12)19-10-18-14/h6-8,11,13,16H,4-5,9-10H2,1-3H3. The topological polar surface area (TPSA) is 39.7 Å². The summed E-state index contributed by atoms with van der Waals surface area (Å²) in [5, 5.41) is 3.60. The Balaban J connectivity index is 2.00. The zero-order chi connectivity index (χ0) is 13.7. The average molecular weight is 265 g/mol. The lowest BCUT2D eigenvalue weighted by Crippen LogP contribution is -2.35. The molecular formula is C15H23NO3. The second-order valence-electron chi connectivity index (χ2n) is 4.94. The molecule has 1 N–H and O–H groups in total. The number of hydrogen-bond acceptors (Lipinski definition) is 4. The Kier molecular flexibility index (Phi) is 5.05. The van der Waals surface area contributed by atoms with Gasteiger partial charge in [0.1, 0.15) is 0 Å². The smallest absolute Gasteiger partial charge is 0.231 e. The highest BCUT2D eigenvalue weighted by Crippen LogP contribution is 2.34. The second kappa shape index (κ2) is 6.78. The molecule has 2 rings (SSSR count). The summed E-state index contributed by atoms with van der Waals surface area (Å²) in [7, 11) is 1.75. The second-order valence-corrected chi connectivity index (χ2v) is 4.94.